The molecular formula is C31H35N5O8. The molecule has 0 radical (unpaired) electrons. The molecule has 5 rings (SSSR count). The average Bonchev–Trinajstić information content (AvgIpc) is 2.96. The maximum atomic E-state index is 14.1. The molecule has 0 saturated carbocycles. The van der Waals surface area contributed by atoms with Crippen LogP contribution in [-0.4, -0.2) is 90.7 Å². The Balaban J connectivity index is 1.58. The summed E-state index contributed by atoms with van der Waals surface area (Å²) in [4.78, 5) is 56.0. The van der Waals surface area contributed by atoms with E-state index < -0.39 is 64.1 Å². The van der Waals surface area contributed by atoms with Gasteiger partial charge in [-0.05, 0) is 68.8 Å². The van der Waals surface area contributed by atoms with Crippen molar-refractivity contribution >= 4 is 40.6 Å². The molecule has 2 aromatic rings. The first-order chi connectivity index (χ1) is 20.7. The Labute approximate surface area is 253 Å². The molecule has 0 fully saturated rings. The molecular weight excluding hydrogens is 570 g/mol. The number of methoxy groups -OCH3 is 1. The average molecular weight is 606 g/mol. The number of ether oxygens (including phenoxy) is 1. The number of nitrogens with two attached hydrogens (primary N) is 1. The predicted octanol–water partition coefficient (Wildman–Crippen LogP) is 1.95. The second-order valence-corrected chi connectivity index (χ2v) is 11.7. The van der Waals surface area contributed by atoms with Gasteiger partial charge in [0.2, 0.25) is 5.78 Å². The van der Waals surface area contributed by atoms with Crippen molar-refractivity contribution in [2.45, 2.75) is 24.5 Å². The maximum absolute atomic E-state index is 14.1. The molecule has 0 bridgehead atoms. The predicted molar refractivity (Wildman–Crippen MR) is 162 cm³/mol. The highest BCUT2D eigenvalue weighted by atomic mass is 16.5. The summed E-state index contributed by atoms with van der Waals surface area (Å²) in [6, 6.07) is 6.78. The molecule has 0 unspecified atom stereocenters. The minimum atomic E-state index is -2.58. The van der Waals surface area contributed by atoms with E-state index >= 15 is 0 Å². The van der Waals surface area contributed by atoms with Gasteiger partial charge in [-0.25, -0.2) is 4.79 Å². The third-order valence-electron chi connectivity index (χ3n) is 8.69. The van der Waals surface area contributed by atoms with Gasteiger partial charge >= 0.3 is 6.03 Å². The normalized spacial score (nSPS) is 24.2. The number of benzene rings is 2. The van der Waals surface area contributed by atoms with Crippen molar-refractivity contribution in [3.63, 3.8) is 0 Å². The number of anilines is 3. The Kier molecular flexibility index (Phi) is 7.64. The molecule has 0 aliphatic heterocycles. The van der Waals surface area contributed by atoms with Crippen LogP contribution < -0.4 is 26.0 Å². The maximum Gasteiger partial charge on any atom is 0.323 e. The summed E-state index contributed by atoms with van der Waals surface area (Å²) >= 11 is 0. The van der Waals surface area contributed by atoms with E-state index in [4.69, 9.17) is 10.5 Å². The number of hydrogen-bond acceptors (Lipinski definition) is 10. The molecule has 0 saturated heterocycles. The monoisotopic (exact) mass is 605 g/mol. The zero-order valence-corrected chi connectivity index (χ0v) is 25.0. The number of amides is 3. The lowest BCUT2D eigenvalue weighted by molar-refractivity contribution is -0.146. The van der Waals surface area contributed by atoms with Gasteiger partial charge in [-0.1, -0.05) is 6.08 Å². The molecule has 3 amide bonds. The van der Waals surface area contributed by atoms with Crippen molar-refractivity contribution in [2.75, 3.05) is 50.8 Å². The number of allylic oxidation sites excluding steroid dienone is 1. The number of ketones is 2. The van der Waals surface area contributed by atoms with Crippen LogP contribution in [0.3, 0.4) is 0 Å². The molecule has 13 heteroatoms. The van der Waals surface area contributed by atoms with Gasteiger partial charge < -0.3 is 46.2 Å². The van der Waals surface area contributed by atoms with E-state index in [0.717, 1.165) is 0 Å². The number of aromatic hydroxyl groups is 1. The minimum Gasteiger partial charge on any atom is -0.508 e. The first kappa shape index (κ1) is 30.6. The number of hydrogen-bond donors (Lipinski definition) is 6. The van der Waals surface area contributed by atoms with Gasteiger partial charge in [-0.3, -0.25) is 14.4 Å². The molecule has 7 N–H and O–H groups in total. The number of phenols is 1. The number of carbonyl (C=O) groups excluding carboxylic acids is 4. The van der Waals surface area contributed by atoms with E-state index in [1.165, 1.54) is 13.2 Å². The number of carbonyl (C=O) groups is 4. The fourth-order valence-electron chi connectivity index (χ4n) is 6.56. The topological polar surface area (TPSA) is 195 Å². The minimum absolute atomic E-state index is 0.0712. The number of urea groups is 1. The summed E-state index contributed by atoms with van der Waals surface area (Å²) in [6.45, 7) is 0. The Morgan fingerprint density at radius 3 is 2.30 bits per heavy atom. The Morgan fingerprint density at radius 1 is 1.07 bits per heavy atom. The molecule has 3 aliphatic carbocycles. The number of phenolic OH excluding ortho intramolecular Hbond substituents is 1. The molecule has 4 atom stereocenters. The van der Waals surface area contributed by atoms with Crippen molar-refractivity contribution in [3.05, 3.63) is 64.4 Å². The van der Waals surface area contributed by atoms with E-state index in [2.05, 4.69) is 10.6 Å². The fraction of sp³-hybridized carbons (Fsp3) is 0.355. The second-order valence-electron chi connectivity index (χ2n) is 11.7. The second kappa shape index (κ2) is 11.0. The van der Waals surface area contributed by atoms with Gasteiger partial charge in [-0.15, -0.1) is 0 Å². The van der Waals surface area contributed by atoms with Crippen LogP contribution >= 0.6 is 0 Å². The van der Waals surface area contributed by atoms with Gasteiger partial charge in [0.05, 0.1) is 23.9 Å². The first-order valence-corrected chi connectivity index (χ1v) is 13.9. The first-order valence-electron chi connectivity index (χ1n) is 13.9. The zero-order chi connectivity index (χ0) is 32.2. The van der Waals surface area contributed by atoms with Crippen LogP contribution in [0.4, 0.5) is 21.9 Å². The van der Waals surface area contributed by atoms with Gasteiger partial charge in [0.25, 0.3) is 5.91 Å². The Morgan fingerprint density at radius 2 is 1.73 bits per heavy atom. The van der Waals surface area contributed by atoms with Gasteiger partial charge in [0, 0.05) is 43.0 Å². The summed E-state index contributed by atoms with van der Waals surface area (Å²) in [5, 5.41) is 39.9. The largest absolute Gasteiger partial charge is 0.508 e. The number of fused-ring (bicyclic) bond motifs is 3. The van der Waals surface area contributed by atoms with Crippen LogP contribution in [0.1, 0.15) is 22.3 Å². The van der Waals surface area contributed by atoms with Crippen molar-refractivity contribution in [1.82, 2.24) is 4.90 Å². The highest BCUT2D eigenvalue weighted by molar-refractivity contribution is 6.24. The summed E-state index contributed by atoms with van der Waals surface area (Å²) in [6.07, 6.45) is 1.70. The smallest absolute Gasteiger partial charge is 0.323 e. The molecule has 0 spiro atoms. The molecule has 44 heavy (non-hydrogen) atoms. The third kappa shape index (κ3) is 4.74. The van der Waals surface area contributed by atoms with Crippen LogP contribution in [0.25, 0.3) is 0 Å². The number of aliphatic hydroxyl groups excluding tert-OH is 1. The number of rotatable bonds is 6. The van der Waals surface area contributed by atoms with Crippen LogP contribution in [0.5, 0.6) is 11.5 Å². The van der Waals surface area contributed by atoms with Gasteiger partial charge in [0.1, 0.15) is 11.5 Å². The highest BCUT2D eigenvalue weighted by Gasteiger charge is 2.61. The molecule has 232 valence electrons. The number of nitrogens with one attached hydrogen (secondary N) is 2. The standard InChI is InChI=1S/C31H35N5O8/c1-35(2)21-13-20(34-30(42)33-15-6-8-16(44-5)9-7-15)25(37)24-17(21)10-14-11-19-22(36(3)4)12-18(29(32)41)27(39)31(19,43)28(40)23(14)26(24)38/h6-9,12-14,19,22,37,40,43H,10-11H2,1-5H3,(H2,32,41)(H2,33,34,42)/t14-,19-,22+,31+/m0/s1. The summed E-state index contributed by atoms with van der Waals surface area (Å²) in [5.74, 6) is -5.26. The van der Waals surface area contributed by atoms with Gasteiger partial charge in [-0.2, -0.15) is 0 Å². The van der Waals surface area contributed by atoms with Gasteiger partial charge in [0.15, 0.2) is 17.1 Å². The summed E-state index contributed by atoms with van der Waals surface area (Å²) < 4.78 is 5.12. The highest BCUT2D eigenvalue weighted by Crippen LogP contribution is 2.53. The van der Waals surface area contributed by atoms with Crippen molar-refractivity contribution < 1.29 is 39.2 Å². The van der Waals surface area contributed by atoms with E-state index in [1.807, 2.05) is 0 Å². The lowest BCUT2D eigenvalue weighted by Gasteiger charge is -2.49. The fourth-order valence-corrected chi connectivity index (χ4v) is 6.56. The van der Waals surface area contributed by atoms with Crippen molar-refractivity contribution in [3.8, 4) is 11.5 Å². The SMILES string of the molecule is COc1ccc(NC(=O)Nc2cc(N(C)C)c3c(c2O)C(=O)C2=C(O)[C@]4(O)C(=O)C(C(N)=O)=C[C@@H](N(C)C)[C@@H]4C[C@@H]2C3)cc1. The van der Waals surface area contributed by atoms with Crippen LogP contribution in [0.2, 0.25) is 0 Å². The van der Waals surface area contributed by atoms with E-state index in [1.54, 1.807) is 68.3 Å². The molecule has 3 aliphatic rings. The summed E-state index contributed by atoms with van der Waals surface area (Å²) in [5.41, 5.74) is 3.41. The molecule has 13 nitrogen and oxygen atoms in total. The van der Waals surface area contributed by atoms with Crippen LogP contribution in [-0.2, 0) is 16.0 Å². The third-order valence-corrected chi connectivity index (χ3v) is 8.69. The molecule has 0 heterocycles. The quantitative estimate of drug-likeness (QED) is 0.209. The molecule has 0 aromatic heterocycles. The van der Waals surface area contributed by atoms with E-state index in [9.17, 15) is 34.5 Å². The van der Waals surface area contributed by atoms with Crippen molar-refractivity contribution in [2.24, 2.45) is 17.6 Å². The Hall–Kier alpha value is -4.88. The summed E-state index contributed by atoms with van der Waals surface area (Å²) in [7, 11) is 8.42. The molecule has 2 aromatic carbocycles. The number of nitrogens with zero attached hydrogens (tertiary/aromatic N) is 2. The lowest BCUT2D eigenvalue weighted by atomic mass is 9.59. The van der Waals surface area contributed by atoms with Crippen molar-refractivity contribution in [1.29, 1.82) is 0 Å². The van der Waals surface area contributed by atoms with Crippen LogP contribution in [0.15, 0.2) is 53.3 Å². The van der Waals surface area contributed by atoms with E-state index in [-0.39, 0.29) is 29.7 Å². The number of likely N-dealkylation sites (N-methyl/N-ethyl adjacent to an activating group) is 1. The number of Topliss-reactive ketones (excluding diaryl/α,β-unsaturated/α-hetero) is 2. The number of aliphatic hydroxyl groups is 2. The number of primary amides is 1. The van der Waals surface area contributed by atoms with Crippen LogP contribution in [0, 0.1) is 11.8 Å². The lowest BCUT2D eigenvalue weighted by Crippen LogP contribution is -2.62. The van der Waals surface area contributed by atoms with E-state index in [0.29, 0.717) is 22.7 Å². The Bertz CT molecular complexity index is 1650. The zero-order valence-electron chi connectivity index (χ0n) is 25.0.